The molecule has 1 saturated heterocycles. The summed E-state index contributed by atoms with van der Waals surface area (Å²) in [5.74, 6) is -3.54. The number of hydrogen-bond acceptors (Lipinski definition) is 6. The molecule has 1 amide bonds. The van der Waals surface area contributed by atoms with E-state index in [0.717, 1.165) is 0 Å². The number of hydrogen-bond donors (Lipinski definition) is 2. The molecule has 0 bridgehead atoms. The number of carboxylic acids is 1. The Morgan fingerprint density at radius 2 is 1.95 bits per heavy atom. The van der Waals surface area contributed by atoms with Gasteiger partial charge in [-0.05, 0) is 25.1 Å². The molecule has 0 spiro atoms. The second kappa shape index (κ2) is 4.95. The van der Waals surface area contributed by atoms with Gasteiger partial charge in [-0.1, -0.05) is 0 Å². The number of nitrogens with zero attached hydrogens (tertiary/aromatic N) is 1. The van der Waals surface area contributed by atoms with Gasteiger partial charge in [0.15, 0.2) is 5.79 Å². The molecule has 4 atom stereocenters. The third kappa shape index (κ3) is 2.56. The average molecular weight is 284 g/mol. The lowest BCUT2D eigenvalue weighted by atomic mass is 9.85. The van der Waals surface area contributed by atoms with Crippen molar-refractivity contribution in [2.45, 2.75) is 44.8 Å². The number of nitroso groups, excluding NO2 is 1. The summed E-state index contributed by atoms with van der Waals surface area (Å²) < 4.78 is 11.2. The lowest BCUT2D eigenvalue weighted by molar-refractivity contribution is -0.157. The van der Waals surface area contributed by atoms with Crippen LogP contribution < -0.4 is 5.32 Å². The van der Waals surface area contributed by atoms with E-state index in [0.29, 0.717) is 0 Å². The van der Waals surface area contributed by atoms with E-state index in [4.69, 9.17) is 9.47 Å². The number of nitrogens with one attached hydrogen (secondary N) is 1. The molecule has 8 nitrogen and oxygen atoms in total. The smallest absolute Gasteiger partial charge is 0.313 e. The van der Waals surface area contributed by atoms with Gasteiger partial charge >= 0.3 is 5.97 Å². The van der Waals surface area contributed by atoms with Gasteiger partial charge in [-0.3, -0.25) is 9.59 Å². The molecule has 1 fully saturated rings. The second-order valence-corrected chi connectivity index (χ2v) is 5.29. The van der Waals surface area contributed by atoms with Crippen LogP contribution in [0, 0.1) is 10.8 Å². The Kier molecular flexibility index (Phi) is 3.61. The van der Waals surface area contributed by atoms with Gasteiger partial charge in [-0.2, -0.15) is 0 Å². The molecular formula is C12H16N2O6. The van der Waals surface area contributed by atoms with Crippen molar-refractivity contribution in [3.8, 4) is 0 Å². The molecule has 1 heterocycles. The van der Waals surface area contributed by atoms with Crippen LogP contribution in [0.2, 0.25) is 0 Å². The number of amides is 1. The zero-order chi connectivity index (χ0) is 15.1. The van der Waals surface area contributed by atoms with Crippen LogP contribution in [0.1, 0.15) is 20.8 Å². The van der Waals surface area contributed by atoms with E-state index < -0.39 is 35.9 Å². The minimum Gasteiger partial charge on any atom is -0.481 e. The maximum Gasteiger partial charge on any atom is 0.313 e. The summed E-state index contributed by atoms with van der Waals surface area (Å²) >= 11 is 0. The van der Waals surface area contributed by atoms with E-state index in [-0.39, 0.29) is 11.6 Å². The van der Waals surface area contributed by atoms with Gasteiger partial charge in [0.2, 0.25) is 5.91 Å². The molecule has 0 aromatic carbocycles. The molecular weight excluding hydrogens is 268 g/mol. The molecule has 2 N–H and O–H groups in total. The van der Waals surface area contributed by atoms with Gasteiger partial charge in [-0.15, -0.1) is 4.91 Å². The van der Waals surface area contributed by atoms with E-state index in [1.165, 1.54) is 13.0 Å². The van der Waals surface area contributed by atoms with Crippen LogP contribution in [0.5, 0.6) is 0 Å². The molecule has 4 unspecified atom stereocenters. The summed E-state index contributed by atoms with van der Waals surface area (Å²) in [6, 6.07) is -0.813. The Hall–Kier alpha value is -1.80. The quantitative estimate of drug-likeness (QED) is 0.724. The SMILES string of the molecule is CC(=O)NC1C(N=O)=CC(C(=O)O)C2OC(C)(C)OC12. The highest BCUT2D eigenvalue weighted by Crippen LogP contribution is 2.39. The lowest BCUT2D eigenvalue weighted by Crippen LogP contribution is -2.53. The monoisotopic (exact) mass is 284 g/mol. The lowest BCUT2D eigenvalue weighted by Gasteiger charge is -2.32. The first-order chi connectivity index (χ1) is 9.25. The first kappa shape index (κ1) is 14.6. The largest absolute Gasteiger partial charge is 0.481 e. The molecule has 2 rings (SSSR count). The van der Waals surface area contributed by atoms with Crippen LogP contribution in [0.4, 0.5) is 0 Å². The number of aliphatic carboxylic acids is 1. The van der Waals surface area contributed by atoms with Crippen LogP contribution >= 0.6 is 0 Å². The number of fused-ring (bicyclic) bond motifs is 1. The maximum atomic E-state index is 11.3. The van der Waals surface area contributed by atoms with E-state index in [1.54, 1.807) is 13.8 Å². The van der Waals surface area contributed by atoms with Crippen LogP contribution in [0.3, 0.4) is 0 Å². The van der Waals surface area contributed by atoms with Crippen molar-refractivity contribution < 1.29 is 24.2 Å². The summed E-state index contributed by atoms with van der Waals surface area (Å²) in [7, 11) is 0. The van der Waals surface area contributed by atoms with E-state index in [9.17, 15) is 19.6 Å². The van der Waals surface area contributed by atoms with Crippen molar-refractivity contribution in [1.29, 1.82) is 0 Å². The standard InChI is InChI=1S/C12H16N2O6/c1-5(15)13-8-7(14-18)4-6(11(16)17)9-10(8)20-12(2,3)19-9/h4,6,8-10H,1-3H3,(H,13,15)(H,16,17). The molecule has 110 valence electrons. The zero-order valence-electron chi connectivity index (χ0n) is 11.3. The Morgan fingerprint density at radius 3 is 2.45 bits per heavy atom. The minimum absolute atomic E-state index is 0.0600. The summed E-state index contributed by atoms with van der Waals surface area (Å²) in [5.41, 5.74) is -0.0600. The van der Waals surface area contributed by atoms with Crippen molar-refractivity contribution in [3.05, 3.63) is 16.7 Å². The first-order valence-corrected chi connectivity index (χ1v) is 6.16. The molecule has 0 aromatic rings. The van der Waals surface area contributed by atoms with Crippen molar-refractivity contribution in [3.63, 3.8) is 0 Å². The molecule has 0 saturated carbocycles. The number of rotatable bonds is 3. The number of carboxylic acid groups (broad SMARTS) is 1. The van der Waals surface area contributed by atoms with Gasteiger partial charge in [0.25, 0.3) is 0 Å². The summed E-state index contributed by atoms with van der Waals surface area (Å²) in [6.07, 6.45) is -0.348. The van der Waals surface area contributed by atoms with Gasteiger partial charge < -0.3 is 19.9 Å². The number of ether oxygens (including phenoxy) is 2. The summed E-state index contributed by atoms with van der Waals surface area (Å²) in [5, 5.41) is 14.6. The van der Waals surface area contributed by atoms with Gasteiger partial charge in [0, 0.05) is 6.92 Å². The summed E-state index contributed by atoms with van der Waals surface area (Å²) in [6.45, 7) is 4.58. The normalized spacial score (nSPS) is 34.9. The molecule has 1 aliphatic heterocycles. The van der Waals surface area contributed by atoms with Crippen molar-refractivity contribution in [1.82, 2.24) is 5.32 Å². The Labute approximate surface area is 115 Å². The van der Waals surface area contributed by atoms with Gasteiger partial charge in [-0.25, -0.2) is 0 Å². The van der Waals surface area contributed by atoms with Gasteiger partial charge in [0.05, 0.1) is 0 Å². The fourth-order valence-corrected chi connectivity index (χ4v) is 2.58. The Balaban J connectivity index is 2.41. The minimum atomic E-state index is -1.14. The fraction of sp³-hybridized carbons (Fsp3) is 0.667. The van der Waals surface area contributed by atoms with Crippen molar-refractivity contribution in [2.75, 3.05) is 0 Å². The van der Waals surface area contributed by atoms with Crippen molar-refractivity contribution >= 4 is 11.9 Å². The Bertz CT molecular complexity index is 486. The second-order valence-electron chi connectivity index (χ2n) is 5.29. The highest BCUT2D eigenvalue weighted by Gasteiger charge is 2.54. The first-order valence-electron chi connectivity index (χ1n) is 6.16. The van der Waals surface area contributed by atoms with Crippen molar-refractivity contribution in [2.24, 2.45) is 11.1 Å². The molecule has 2 aliphatic rings. The van der Waals surface area contributed by atoms with Crippen LogP contribution in [0.15, 0.2) is 16.9 Å². The van der Waals surface area contributed by atoms with E-state index in [2.05, 4.69) is 10.5 Å². The Morgan fingerprint density at radius 1 is 1.35 bits per heavy atom. The summed E-state index contributed by atoms with van der Waals surface area (Å²) in [4.78, 5) is 33.4. The average Bonchev–Trinajstić information content (AvgIpc) is 2.63. The predicted octanol–water partition coefficient (Wildman–Crippen LogP) is 0.376. The molecule has 20 heavy (non-hydrogen) atoms. The third-order valence-corrected chi connectivity index (χ3v) is 3.26. The van der Waals surface area contributed by atoms with Crippen LogP contribution in [0.25, 0.3) is 0 Å². The zero-order valence-corrected chi connectivity index (χ0v) is 11.3. The van der Waals surface area contributed by atoms with Gasteiger partial charge in [0.1, 0.15) is 29.9 Å². The highest BCUT2D eigenvalue weighted by molar-refractivity contribution is 5.76. The number of carbonyl (C=O) groups excluding carboxylic acids is 1. The predicted molar refractivity (Wildman–Crippen MR) is 66.4 cm³/mol. The topological polar surface area (TPSA) is 114 Å². The molecule has 8 heteroatoms. The molecule has 0 aromatic heterocycles. The fourth-order valence-electron chi connectivity index (χ4n) is 2.58. The highest BCUT2D eigenvalue weighted by atomic mass is 16.8. The third-order valence-electron chi connectivity index (χ3n) is 3.26. The molecule has 1 aliphatic carbocycles. The van der Waals surface area contributed by atoms with Crippen LogP contribution in [-0.4, -0.2) is 41.0 Å². The van der Waals surface area contributed by atoms with E-state index in [1.807, 2.05) is 0 Å². The van der Waals surface area contributed by atoms with Crippen LogP contribution in [-0.2, 0) is 19.1 Å². The number of carbonyl (C=O) groups is 2. The molecule has 0 radical (unpaired) electrons. The van der Waals surface area contributed by atoms with E-state index >= 15 is 0 Å². The maximum absolute atomic E-state index is 11.3.